The minimum Gasteiger partial charge on any atom is -0.367 e. The van der Waals surface area contributed by atoms with Gasteiger partial charge >= 0.3 is 0 Å². The predicted octanol–water partition coefficient (Wildman–Crippen LogP) is 5.77. The summed E-state index contributed by atoms with van der Waals surface area (Å²) in [6.45, 7) is 10.6. The van der Waals surface area contributed by atoms with Crippen LogP contribution in [0.5, 0.6) is 0 Å². The second-order valence-corrected chi connectivity index (χ2v) is 11.5. The quantitative estimate of drug-likeness (QED) is 0.402. The topological polar surface area (TPSA) is 81.5 Å². The van der Waals surface area contributed by atoms with Crippen molar-refractivity contribution in [1.29, 1.82) is 0 Å². The second-order valence-electron chi connectivity index (χ2n) is 9.24. The molecular formula is C23H26N6OS2. The Morgan fingerprint density at radius 3 is 2.69 bits per heavy atom. The van der Waals surface area contributed by atoms with Crippen molar-refractivity contribution in [3.05, 3.63) is 47.9 Å². The fourth-order valence-corrected chi connectivity index (χ4v) is 5.98. The zero-order valence-corrected chi connectivity index (χ0v) is 20.4. The molecule has 0 aromatic carbocycles. The van der Waals surface area contributed by atoms with Gasteiger partial charge in [-0.2, -0.15) is 0 Å². The lowest BCUT2D eigenvalue weighted by molar-refractivity contribution is -0.0736. The average molecular weight is 467 g/mol. The van der Waals surface area contributed by atoms with Gasteiger partial charge in [-0.15, -0.1) is 16.4 Å². The second kappa shape index (κ2) is 7.83. The van der Waals surface area contributed by atoms with Gasteiger partial charge in [0, 0.05) is 46.5 Å². The van der Waals surface area contributed by atoms with Crippen LogP contribution in [-0.4, -0.2) is 40.9 Å². The molecule has 1 aliphatic heterocycles. The van der Waals surface area contributed by atoms with Crippen molar-refractivity contribution in [2.24, 2.45) is 0 Å². The van der Waals surface area contributed by atoms with Crippen molar-refractivity contribution in [2.45, 2.75) is 67.5 Å². The third-order valence-corrected chi connectivity index (χ3v) is 7.49. The molecule has 1 N–H and O–H groups in total. The van der Waals surface area contributed by atoms with Gasteiger partial charge in [0.1, 0.15) is 5.69 Å². The molecule has 1 unspecified atom stereocenters. The predicted molar refractivity (Wildman–Crippen MR) is 127 cm³/mol. The molecular weight excluding hydrogens is 440 g/mol. The third-order valence-electron chi connectivity index (χ3n) is 5.61. The number of aromatic amines is 1. The van der Waals surface area contributed by atoms with Crippen LogP contribution >= 0.6 is 23.1 Å². The highest BCUT2D eigenvalue weighted by Crippen LogP contribution is 2.46. The normalized spacial score (nSPS) is 19.5. The SMILES string of the molecule is Cc1cc(-c2nc(-c3cc(Sc4nccs4)ccn3)nn2C2CC(C)(C)OC2(C)C)c[nH]1. The molecule has 1 fully saturated rings. The number of H-pyrrole nitrogens is 1. The van der Waals surface area contributed by atoms with Gasteiger partial charge < -0.3 is 9.72 Å². The van der Waals surface area contributed by atoms with Crippen LogP contribution in [0.1, 0.15) is 45.9 Å². The molecule has 0 amide bonds. The molecule has 32 heavy (non-hydrogen) atoms. The summed E-state index contributed by atoms with van der Waals surface area (Å²) in [6.07, 6.45) is 6.45. The molecule has 4 aromatic heterocycles. The minimum atomic E-state index is -0.370. The van der Waals surface area contributed by atoms with Crippen LogP contribution in [0.3, 0.4) is 0 Å². The van der Waals surface area contributed by atoms with E-state index in [0.717, 1.165) is 38.4 Å². The highest BCUT2D eigenvalue weighted by molar-refractivity contribution is 8.01. The minimum absolute atomic E-state index is 0.0526. The summed E-state index contributed by atoms with van der Waals surface area (Å²) in [7, 11) is 0. The summed E-state index contributed by atoms with van der Waals surface area (Å²) in [4.78, 5) is 18.2. The smallest absolute Gasteiger partial charge is 0.200 e. The van der Waals surface area contributed by atoms with Gasteiger partial charge in [0.2, 0.25) is 0 Å². The zero-order valence-electron chi connectivity index (χ0n) is 18.8. The molecule has 0 aliphatic carbocycles. The van der Waals surface area contributed by atoms with E-state index in [1.165, 1.54) is 0 Å². The lowest BCUT2D eigenvalue weighted by Crippen LogP contribution is -2.32. The van der Waals surface area contributed by atoms with E-state index in [-0.39, 0.29) is 17.2 Å². The van der Waals surface area contributed by atoms with E-state index in [1.54, 1.807) is 29.3 Å². The maximum atomic E-state index is 6.37. The molecule has 7 nitrogen and oxygen atoms in total. The van der Waals surface area contributed by atoms with Gasteiger partial charge in [-0.1, -0.05) is 11.8 Å². The number of pyridine rings is 1. The lowest BCUT2D eigenvalue weighted by Gasteiger charge is -2.27. The van der Waals surface area contributed by atoms with Gasteiger partial charge in [0.15, 0.2) is 16.0 Å². The number of hydrogen-bond donors (Lipinski definition) is 1. The molecule has 1 aliphatic rings. The Kier molecular flexibility index (Phi) is 5.22. The molecule has 5 heterocycles. The summed E-state index contributed by atoms with van der Waals surface area (Å²) in [5.41, 5.74) is 2.24. The highest BCUT2D eigenvalue weighted by atomic mass is 32.2. The van der Waals surface area contributed by atoms with Gasteiger partial charge in [-0.05, 0) is 52.8 Å². The monoisotopic (exact) mass is 466 g/mol. The van der Waals surface area contributed by atoms with E-state index in [4.69, 9.17) is 14.8 Å². The van der Waals surface area contributed by atoms with E-state index in [1.807, 2.05) is 41.5 Å². The first-order chi connectivity index (χ1) is 15.2. The summed E-state index contributed by atoms with van der Waals surface area (Å²) in [5.74, 6) is 1.43. The van der Waals surface area contributed by atoms with Crippen LogP contribution in [0.2, 0.25) is 0 Å². The van der Waals surface area contributed by atoms with Crippen molar-refractivity contribution in [3.63, 3.8) is 0 Å². The largest absolute Gasteiger partial charge is 0.367 e. The Labute approximate surface area is 195 Å². The number of nitrogens with zero attached hydrogens (tertiary/aromatic N) is 5. The molecule has 0 spiro atoms. The summed E-state index contributed by atoms with van der Waals surface area (Å²) < 4.78 is 9.40. The number of thiazole rings is 1. The van der Waals surface area contributed by atoms with Crippen molar-refractivity contribution in [2.75, 3.05) is 0 Å². The van der Waals surface area contributed by atoms with Crippen molar-refractivity contribution >= 4 is 23.1 Å². The van der Waals surface area contributed by atoms with Gasteiger partial charge in [-0.3, -0.25) is 4.98 Å². The van der Waals surface area contributed by atoms with Gasteiger partial charge in [0.25, 0.3) is 0 Å². The van der Waals surface area contributed by atoms with Crippen LogP contribution < -0.4 is 0 Å². The molecule has 1 atom stereocenters. The van der Waals surface area contributed by atoms with Crippen molar-refractivity contribution < 1.29 is 4.74 Å². The Morgan fingerprint density at radius 1 is 1.19 bits per heavy atom. The maximum absolute atomic E-state index is 6.37. The standard InChI is InChI=1S/C23H26N6OS2/c1-14-10-15(13-26-14)20-27-19(28-29(20)18-12-22(2,3)30-23(18,4)5)17-11-16(6-7-24-17)32-21-25-8-9-31-21/h6-11,13,18,26H,12H2,1-5H3. The fraction of sp³-hybridized carbons (Fsp3) is 0.391. The Hall–Kier alpha value is -2.49. The maximum Gasteiger partial charge on any atom is 0.200 e. The first-order valence-electron chi connectivity index (χ1n) is 10.6. The summed E-state index contributed by atoms with van der Waals surface area (Å²) >= 11 is 3.24. The van der Waals surface area contributed by atoms with E-state index in [2.05, 4.69) is 48.7 Å². The van der Waals surface area contributed by atoms with E-state index < -0.39 is 0 Å². The Balaban J connectivity index is 1.58. The van der Waals surface area contributed by atoms with Crippen LogP contribution in [0.25, 0.3) is 22.9 Å². The van der Waals surface area contributed by atoms with Crippen molar-refractivity contribution in [1.82, 2.24) is 29.7 Å². The van der Waals surface area contributed by atoms with E-state index in [9.17, 15) is 0 Å². The fourth-order valence-electron chi connectivity index (χ4n) is 4.36. The number of nitrogens with one attached hydrogen (secondary N) is 1. The average Bonchev–Trinajstić information content (AvgIpc) is 3.48. The molecule has 166 valence electrons. The van der Waals surface area contributed by atoms with Crippen LogP contribution in [0, 0.1) is 6.92 Å². The summed E-state index contributed by atoms with van der Waals surface area (Å²) in [5, 5.41) is 6.95. The molecule has 0 saturated carbocycles. The van der Waals surface area contributed by atoms with E-state index in [0.29, 0.717) is 5.82 Å². The lowest BCUT2D eigenvalue weighted by atomic mass is 9.94. The Bertz CT molecular complexity index is 1240. The molecule has 0 bridgehead atoms. The number of aromatic nitrogens is 6. The number of hydrogen-bond acceptors (Lipinski definition) is 7. The molecule has 4 aromatic rings. The molecule has 1 saturated heterocycles. The van der Waals surface area contributed by atoms with Crippen LogP contribution in [0.4, 0.5) is 0 Å². The highest BCUT2D eigenvalue weighted by Gasteiger charge is 2.48. The molecule has 5 rings (SSSR count). The Morgan fingerprint density at radius 2 is 2.03 bits per heavy atom. The number of rotatable bonds is 5. The zero-order chi connectivity index (χ0) is 22.5. The first kappa shape index (κ1) is 21.4. The van der Waals surface area contributed by atoms with Crippen molar-refractivity contribution in [3.8, 4) is 22.9 Å². The van der Waals surface area contributed by atoms with E-state index >= 15 is 0 Å². The van der Waals surface area contributed by atoms with Gasteiger partial charge in [-0.25, -0.2) is 14.6 Å². The number of aryl methyl sites for hydroxylation is 1. The van der Waals surface area contributed by atoms with Crippen LogP contribution in [-0.2, 0) is 4.74 Å². The first-order valence-corrected chi connectivity index (χ1v) is 12.3. The number of ether oxygens (including phenoxy) is 1. The third kappa shape index (κ3) is 4.12. The molecule has 0 radical (unpaired) electrons. The van der Waals surface area contributed by atoms with Crippen LogP contribution in [0.15, 0.2) is 51.4 Å². The summed E-state index contributed by atoms with van der Waals surface area (Å²) in [6, 6.07) is 6.16. The van der Waals surface area contributed by atoms with Gasteiger partial charge in [0.05, 0.1) is 17.2 Å². The molecule has 9 heteroatoms.